The zero-order valence-electron chi connectivity index (χ0n) is 16.5. The number of guanidine groups is 1. The van der Waals surface area contributed by atoms with Gasteiger partial charge in [0.1, 0.15) is 6.61 Å². The molecule has 7 nitrogen and oxygen atoms in total. The second kappa shape index (κ2) is 12.3. The minimum atomic E-state index is -0.270. The van der Waals surface area contributed by atoms with Crippen LogP contribution in [0.4, 0.5) is 0 Å². The van der Waals surface area contributed by atoms with Crippen molar-refractivity contribution in [2.45, 2.75) is 32.9 Å². The van der Waals surface area contributed by atoms with Crippen LogP contribution in [0.3, 0.4) is 0 Å². The number of methoxy groups -OCH3 is 1. The second-order valence-corrected chi connectivity index (χ2v) is 6.56. The number of benzene rings is 1. The molecule has 8 heteroatoms. The third-order valence-corrected chi connectivity index (χ3v) is 3.15. The third kappa shape index (κ3) is 9.94. The fourth-order valence-electron chi connectivity index (χ4n) is 2.10. The van der Waals surface area contributed by atoms with Gasteiger partial charge in [0.15, 0.2) is 17.5 Å². The van der Waals surface area contributed by atoms with Gasteiger partial charge >= 0.3 is 0 Å². The monoisotopic (exact) mass is 488 g/mol. The molecule has 0 aliphatic heterocycles. The van der Waals surface area contributed by atoms with Crippen LogP contribution in [-0.2, 0) is 11.3 Å². The molecule has 150 valence electrons. The quantitative estimate of drug-likeness (QED) is 0.237. The van der Waals surface area contributed by atoms with E-state index in [9.17, 15) is 4.79 Å². The molecule has 0 radical (unpaired) electrons. The van der Waals surface area contributed by atoms with Crippen molar-refractivity contribution < 1.29 is 14.3 Å². The van der Waals surface area contributed by atoms with Crippen molar-refractivity contribution in [1.82, 2.24) is 16.0 Å². The number of nitrogens with zero attached hydrogens (tertiary/aromatic N) is 1. The normalized spacial score (nSPS) is 10.9. The molecule has 0 aromatic heterocycles. The smallest absolute Gasteiger partial charge is 0.239 e. The van der Waals surface area contributed by atoms with E-state index >= 15 is 0 Å². The number of carbonyl (C=O) groups excluding carboxylic acids is 1. The molecular formula is C19H29IN4O3. The molecule has 0 fully saturated rings. The number of amides is 1. The van der Waals surface area contributed by atoms with Crippen molar-refractivity contribution in [2.75, 3.05) is 27.3 Å². The van der Waals surface area contributed by atoms with Gasteiger partial charge in [-0.3, -0.25) is 9.79 Å². The van der Waals surface area contributed by atoms with E-state index in [1.165, 1.54) is 0 Å². The van der Waals surface area contributed by atoms with Crippen molar-refractivity contribution >= 4 is 35.8 Å². The van der Waals surface area contributed by atoms with Crippen LogP contribution in [-0.4, -0.2) is 44.7 Å². The van der Waals surface area contributed by atoms with Gasteiger partial charge in [0.2, 0.25) is 5.91 Å². The molecule has 0 spiro atoms. The van der Waals surface area contributed by atoms with Gasteiger partial charge in [-0.15, -0.1) is 30.4 Å². The number of terminal acetylenes is 1. The predicted molar refractivity (Wildman–Crippen MR) is 119 cm³/mol. The molecule has 1 amide bonds. The van der Waals surface area contributed by atoms with Gasteiger partial charge in [0, 0.05) is 19.1 Å². The molecule has 0 heterocycles. The van der Waals surface area contributed by atoms with Crippen molar-refractivity contribution in [3.8, 4) is 23.8 Å². The Hall–Kier alpha value is -2.15. The summed E-state index contributed by atoms with van der Waals surface area (Å²) in [5.41, 5.74) is 0.688. The van der Waals surface area contributed by atoms with Crippen LogP contribution in [0.5, 0.6) is 11.5 Å². The topological polar surface area (TPSA) is 84.0 Å². The number of hydrogen-bond donors (Lipinski definition) is 3. The molecule has 27 heavy (non-hydrogen) atoms. The number of hydrogen-bond acceptors (Lipinski definition) is 4. The van der Waals surface area contributed by atoms with E-state index in [4.69, 9.17) is 15.9 Å². The molecule has 0 saturated carbocycles. The third-order valence-electron chi connectivity index (χ3n) is 3.15. The molecule has 3 N–H and O–H groups in total. The van der Waals surface area contributed by atoms with Crippen LogP contribution in [0.15, 0.2) is 23.2 Å². The number of halogens is 1. The Kier molecular flexibility index (Phi) is 11.3. The lowest BCUT2D eigenvalue weighted by Crippen LogP contribution is -2.48. The number of rotatable bonds is 7. The van der Waals surface area contributed by atoms with Gasteiger partial charge in [0.05, 0.1) is 13.7 Å². The Morgan fingerprint density at radius 2 is 1.96 bits per heavy atom. The minimum absolute atomic E-state index is 0. The highest BCUT2D eigenvalue weighted by atomic mass is 127. The van der Waals surface area contributed by atoms with Crippen molar-refractivity contribution in [3.05, 3.63) is 23.8 Å². The first kappa shape index (κ1) is 24.8. The first-order chi connectivity index (χ1) is 12.3. The maximum Gasteiger partial charge on any atom is 0.239 e. The van der Waals surface area contributed by atoms with Crippen LogP contribution in [0, 0.1) is 12.3 Å². The maximum absolute atomic E-state index is 11.9. The number of carbonyl (C=O) groups is 1. The lowest BCUT2D eigenvalue weighted by atomic mass is 10.1. The highest BCUT2D eigenvalue weighted by Crippen LogP contribution is 2.27. The van der Waals surface area contributed by atoms with E-state index in [0.717, 1.165) is 5.56 Å². The Bertz CT molecular complexity index is 679. The van der Waals surface area contributed by atoms with Crippen molar-refractivity contribution in [2.24, 2.45) is 4.99 Å². The summed E-state index contributed by atoms with van der Waals surface area (Å²) in [7, 11) is 3.22. The average molecular weight is 488 g/mol. The van der Waals surface area contributed by atoms with Crippen LogP contribution < -0.4 is 25.4 Å². The van der Waals surface area contributed by atoms with Gasteiger partial charge in [-0.05, 0) is 38.5 Å². The van der Waals surface area contributed by atoms with E-state index < -0.39 is 0 Å². The van der Waals surface area contributed by atoms with Gasteiger partial charge in [0.25, 0.3) is 0 Å². The molecule has 0 atom stereocenters. The minimum Gasteiger partial charge on any atom is -0.493 e. The summed E-state index contributed by atoms with van der Waals surface area (Å²) in [6, 6.07) is 5.58. The van der Waals surface area contributed by atoms with E-state index in [1.54, 1.807) is 14.2 Å². The summed E-state index contributed by atoms with van der Waals surface area (Å²) >= 11 is 0. The molecule has 0 aliphatic carbocycles. The maximum atomic E-state index is 11.9. The van der Waals surface area contributed by atoms with Crippen LogP contribution in [0.2, 0.25) is 0 Å². The summed E-state index contributed by atoms with van der Waals surface area (Å²) in [6.07, 6.45) is 5.23. The summed E-state index contributed by atoms with van der Waals surface area (Å²) in [5.74, 6) is 4.05. The SMILES string of the molecule is C#CCOc1cc(CNC(=NC)NCC(=O)NC(C)(C)C)ccc1OC.I. The van der Waals surface area contributed by atoms with E-state index in [-0.39, 0.29) is 48.6 Å². The summed E-state index contributed by atoms with van der Waals surface area (Å²) in [5, 5.41) is 9.01. The molecular weight excluding hydrogens is 459 g/mol. The molecule has 0 aliphatic rings. The highest BCUT2D eigenvalue weighted by Gasteiger charge is 2.13. The first-order valence-corrected chi connectivity index (χ1v) is 8.27. The van der Waals surface area contributed by atoms with Crippen LogP contribution >= 0.6 is 24.0 Å². The standard InChI is InChI=1S/C19H28N4O3.HI/c1-7-10-26-16-11-14(8-9-15(16)25-6)12-21-18(20-5)22-13-17(24)23-19(2,3)4;/h1,8-9,11H,10,12-13H2,2-6H3,(H,23,24)(H2,20,21,22);1H. The van der Waals surface area contributed by atoms with Crippen LogP contribution in [0.25, 0.3) is 0 Å². The molecule has 1 aromatic rings. The molecule has 0 unspecified atom stereocenters. The first-order valence-electron chi connectivity index (χ1n) is 8.27. The number of ether oxygens (including phenoxy) is 2. The van der Waals surface area contributed by atoms with Gasteiger partial charge in [-0.25, -0.2) is 0 Å². The summed E-state index contributed by atoms with van der Waals surface area (Å²) < 4.78 is 10.7. The largest absolute Gasteiger partial charge is 0.493 e. The van der Waals surface area contributed by atoms with Crippen LogP contribution in [0.1, 0.15) is 26.3 Å². The molecule has 1 aromatic carbocycles. The fraction of sp³-hybridized carbons (Fsp3) is 0.474. The Balaban J connectivity index is 0.00000676. The van der Waals surface area contributed by atoms with E-state index in [0.29, 0.717) is 24.0 Å². The lowest BCUT2D eigenvalue weighted by Gasteiger charge is -2.21. The van der Waals surface area contributed by atoms with Crippen molar-refractivity contribution in [3.63, 3.8) is 0 Å². The molecule has 1 rings (SSSR count). The Morgan fingerprint density at radius 3 is 2.52 bits per heavy atom. The zero-order chi connectivity index (χ0) is 19.6. The summed E-state index contributed by atoms with van der Waals surface area (Å²) in [6.45, 7) is 6.59. The lowest BCUT2D eigenvalue weighted by molar-refractivity contribution is -0.121. The fourth-order valence-corrected chi connectivity index (χ4v) is 2.10. The Labute approximate surface area is 178 Å². The number of nitrogens with one attached hydrogen (secondary N) is 3. The van der Waals surface area contributed by atoms with E-state index in [2.05, 4.69) is 26.9 Å². The number of aliphatic imine (C=N–C) groups is 1. The Morgan fingerprint density at radius 1 is 1.26 bits per heavy atom. The van der Waals surface area contributed by atoms with Gasteiger partial charge in [-0.2, -0.15) is 0 Å². The molecule has 0 saturated heterocycles. The average Bonchev–Trinajstić information content (AvgIpc) is 2.58. The van der Waals surface area contributed by atoms with E-state index in [1.807, 2.05) is 39.0 Å². The molecule has 0 bridgehead atoms. The zero-order valence-corrected chi connectivity index (χ0v) is 18.8. The van der Waals surface area contributed by atoms with Crippen molar-refractivity contribution in [1.29, 1.82) is 0 Å². The predicted octanol–water partition coefficient (Wildman–Crippen LogP) is 1.90. The van der Waals surface area contributed by atoms with Gasteiger partial charge in [-0.1, -0.05) is 12.0 Å². The summed E-state index contributed by atoms with van der Waals surface area (Å²) in [4.78, 5) is 16.0. The second-order valence-electron chi connectivity index (χ2n) is 6.56. The highest BCUT2D eigenvalue weighted by molar-refractivity contribution is 14.0. The van der Waals surface area contributed by atoms with Gasteiger partial charge < -0.3 is 25.4 Å².